The number of alkyl halides is 2. The molecule has 1 aromatic rings. The topological polar surface area (TPSA) is 38.9 Å². The minimum Gasteiger partial charge on any atom is -0.322 e. The Hall–Kier alpha value is -0.740. The molecule has 2 nitrogen and oxygen atoms in total. The van der Waals surface area contributed by atoms with Gasteiger partial charge in [-0.25, -0.2) is 8.78 Å². The number of halogens is 3. The van der Waals surface area contributed by atoms with Crippen LogP contribution in [-0.2, 0) is 0 Å². The van der Waals surface area contributed by atoms with Crippen molar-refractivity contribution < 1.29 is 8.78 Å². The van der Waals surface area contributed by atoms with E-state index in [0.717, 1.165) is 5.69 Å². The maximum Gasteiger partial charge on any atom is 0.240 e. The van der Waals surface area contributed by atoms with Crippen LogP contribution in [0, 0.1) is 6.92 Å². The molecule has 0 radical (unpaired) electrons. The minimum absolute atomic E-state index is 0. The van der Waals surface area contributed by atoms with E-state index in [-0.39, 0.29) is 18.8 Å². The summed E-state index contributed by atoms with van der Waals surface area (Å²) in [5.74, 6) is 0. The van der Waals surface area contributed by atoms with Crippen molar-refractivity contribution in [1.29, 1.82) is 0 Å². The standard InChI is InChI=1S/C9H12F2N2.ClH/c1-6-3-2-4-8(13-6)7(12)5-9(10)11;/h2-4,7,9H,5,12H2,1H3;1H/t7-;/m0./s1. The van der Waals surface area contributed by atoms with Crippen molar-refractivity contribution >= 4 is 12.4 Å². The van der Waals surface area contributed by atoms with Gasteiger partial charge < -0.3 is 5.73 Å². The van der Waals surface area contributed by atoms with E-state index < -0.39 is 12.5 Å². The average molecular weight is 223 g/mol. The summed E-state index contributed by atoms with van der Waals surface area (Å²) in [6.45, 7) is 1.80. The molecule has 14 heavy (non-hydrogen) atoms. The molecule has 1 aromatic heterocycles. The first kappa shape index (κ1) is 13.3. The summed E-state index contributed by atoms with van der Waals surface area (Å²) in [4.78, 5) is 4.07. The van der Waals surface area contributed by atoms with Crippen LogP contribution in [0.25, 0.3) is 0 Å². The van der Waals surface area contributed by atoms with E-state index >= 15 is 0 Å². The third-order valence-electron chi connectivity index (χ3n) is 1.72. The van der Waals surface area contributed by atoms with E-state index in [2.05, 4.69) is 4.98 Å². The van der Waals surface area contributed by atoms with Crippen molar-refractivity contribution in [2.75, 3.05) is 0 Å². The quantitative estimate of drug-likeness (QED) is 0.853. The molecule has 1 atom stereocenters. The van der Waals surface area contributed by atoms with E-state index in [4.69, 9.17) is 5.73 Å². The first-order valence-electron chi connectivity index (χ1n) is 4.07. The number of aromatic nitrogens is 1. The summed E-state index contributed by atoms with van der Waals surface area (Å²) < 4.78 is 23.9. The van der Waals surface area contributed by atoms with Crippen LogP contribution in [0.5, 0.6) is 0 Å². The molecule has 0 aromatic carbocycles. The molecule has 0 amide bonds. The molecule has 0 saturated heterocycles. The molecule has 0 unspecified atom stereocenters. The molecule has 0 aliphatic carbocycles. The molecule has 1 heterocycles. The smallest absolute Gasteiger partial charge is 0.240 e. The lowest BCUT2D eigenvalue weighted by molar-refractivity contribution is 0.128. The van der Waals surface area contributed by atoms with Gasteiger partial charge in [0.2, 0.25) is 6.43 Å². The Morgan fingerprint density at radius 1 is 1.43 bits per heavy atom. The molecule has 80 valence electrons. The van der Waals surface area contributed by atoms with Crippen LogP contribution in [0.3, 0.4) is 0 Å². The van der Waals surface area contributed by atoms with Gasteiger partial charge in [0.05, 0.1) is 11.7 Å². The number of nitrogens with two attached hydrogens (primary N) is 1. The molecule has 0 spiro atoms. The lowest BCUT2D eigenvalue weighted by Crippen LogP contribution is -2.15. The Labute approximate surface area is 87.9 Å². The third kappa shape index (κ3) is 3.98. The number of hydrogen-bond donors (Lipinski definition) is 1. The summed E-state index contributed by atoms with van der Waals surface area (Å²) in [6.07, 6.45) is -2.71. The lowest BCUT2D eigenvalue weighted by atomic mass is 10.1. The summed E-state index contributed by atoms with van der Waals surface area (Å²) in [6, 6.07) is 4.57. The molecule has 2 N–H and O–H groups in total. The van der Waals surface area contributed by atoms with Gasteiger partial charge in [-0.3, -0.25) is 4.98 Å². The zero-order chi connectivity index (χ0) is 9.84. The average Bonchev–Trinajstić information content (AvgIpc) is 2.03. The van der Waals surface area contributed by atoms with Crippen LogP contribution >= 0.6 is 12.4 Å². The van der Waals surface area contributed by atoms with Gasteiger partial charge in [0.15, 0.2) is 0 Å². The van der Waals surface area contributed by atoms with E-state index in [9.17, 15) is 8.78 Å². The van der Waals surface area contributed by atoms with E-state index in [1.54, 1.807) is 25.1 Å². The van der Waals surface area contributed by atoms with Gasteiger partial charge in [0.25, 0.3) is 0 Å². The third-order valence-corrected chi connectivity index (χ3v) is 1.72. The number of pyridine rings is 1. The first-order chi connectivity index (χ1) is 6.09. The van der Waals surface area contributed by atoms with Crippen LogP contribution in [0.4, 0.5) is 8.78 Å². The predicted molar refractivity (Wildman–Crippen MR) is 53.8 cm³/mol. The minimum atomic E-state index is -2.38. The monoisotopic (exact) mass is 222 g/mol. The maximum atomic E-state index is 12.0. The van der Waals surface area contributed by atoms with Crippen molar-refractivity contribution in [3.05, 3.63) is 29.6 Å². The van der Waals surface area contributed by atoms with Crippen LogP contribution in [0.2, 0.25) is 0 Å². The van der Waals surface area contributed by atoms with Crippen molar-refractivity contribution in [3.8, 4) is 0 Å². The fourth-order valence-electron chi connectivity index (χ4n) is 1.08. The van der Waals surface area contributed by atoms with Crippen LogP contribution in [0.1, 0.15) is 23.9 Å². The van der Waals surface area contributed by atoms with Gasteiger partial charge in [0, 0.05) is 12.1 Å². The predicted octanol–water partition coefficient (Wildman–Crippen LogP) is 2.47. The lowest BCUT2D eigenvalue weighted by Gasteiger charge is -2.10. The van der Waals surface area contributed by atoms with Crippen molar-refractivity contribution in [2.45, 2.75) is 25.8 Å². The molecule has 1 rings (SSSR count). The second-order valence-corrected chi connectivity index (χ2v) is 2.94. The molecular weight excluding hydrogens is 210 g/mol. The summed E-state index contributed by atoms with van der Waals surface area (Å²) in [7, 11) is 0. The van der Waals surface area contributed by atoms with Crippen molar-refractivity contribution in [2.24, 2.45) is 5.73 Å². The normalized spacial score (nSPS) is 12.4. The number of hydrogen-bond acceptors (Lipinski definition) is 2. The Kier molecular flexibility index (Phi) is 5.57. The Morgan fingerprint density at radius 3 is 2.57 bits per heavy atom. The van der Waals surface area contributed by atoms with Gasteiger partial charge >= 0.3 is 0 Å². The van der Waals surface area contributed by atoms with Crippen molar-refractivity contribution in [3.63, 3.8) is 0 Å². The second kappa shape index (κ2) is 5.88. The fourth-order valence-corrected chi connectivity index (χ4v) is 1.08. The SMILES string of the molecule is Cc1cccc([C@@H](N)CC(F)F)n1.Cl. The summed E-state index contributed by atoms with van der Waals surface area (Å²) in [5.41, 5.74) is 6.84. The molecule has 0 saturated carbocycles. The molecule has 0 fully saturated rings. The Morgan fingerprint density at radius 2 is 2.07 bits per heavy atom. The molecule has 0 aliphatic heterocycles. The highest BCUT2D eigenvalue weighted by atomic mass is 35.5. The van der Waals surface area contributed by atoms with Crippen LogP contribution in [-0.4, -0.2) is 11.4 Å². The largest absolute Gasteiger partial charge is 0.322 e. The maximum absolute atomic E-state index is 12.0. The second-order valence-electron chi connectivity index (χ2n) is 2.94. The fraction of sp³-hybridized carbons (Fsp3) is 0.444. The van der Waals surface area contributed by atoms with Gasteiger partial charge in [-0.05, 0) is 19.1 Å². The summed E-state index contributed by atoms with van der Waals surface area (Å²) in [5, 5.41) is 0. The number of aryl methyl sites for hydroxylation is 1. The molecule has 0 bridgehead atoms. The molecule has 0 aliphatic rings. The van der Waals surface area contributed by atoms with Gasteiger partial charge in [-0.1, -0.05) is 6.07 Å². The number of nitrogens with zero attached hydrogens (tertiary/aromatic N) is 1. The van der Waals surface area contributed by atoms with E-state index in [1.165, 1.54) is 0 Å². The first-order valence-corrected chi connectivity index (χ1v) is 4.07. The van der Waals surface area contributed by atoms with E-state index in [1.807, 2.05) is 0 Å². The van der Waals surface area contributed by atoms with Gasteiger partial charge in [-0.15, -0.1) is 12.4 Å². The Bertz CT molecular complexity index is 281. The zero-order valence-electron chi connectivity index (χ0n) is 7.78. The van der Waals surface area contributed by atoms with E-state index in [0.29, 0.717) is 5.69 Å². The van der Waals surface area contributed by atoms with Crippen molar-refractivity contribution in [1.82, 2.24) is 4.98 Å². The van der Waals surface area contributed by atoms with Crippen LogP contribution < -0.4 is 5.73 Å². The molecular formula is C9H13ClF2N2. The highest BCUT2D eigenvalue weighted by Gasteiger charge is 2.13. The highest BCUT2D eigenvalue weighted by molar-refractivity contribution is 5.85. The Balaban J connectivity index is 0.00000169. The highest BCUT2D eigenvalue weighted by Crippen LogP contribution is 2.15. The molecule has 5 heteroatoms. The van der Waals surface area contributed by atoms with Crippen LogP contribution in [0.15, 0.2) is 18.2 Å². The summed E-state index contributed by atoms with van der Waals surface area (Å²) >= 11 is 0. The number of rotatable bonds is 3. The van der Waals surface area contributed by atoms with Gasteiger partial charge in [0.1, 0.15) is 0 Å². The zero-order valence-corrected chi connectivity index (χ0v) is 8.60. The van der Waals surface area contributed by atoms with Gasteiger partial charge in [-0.2, -0.15) is 0 Å².